The summed E-state index contributed by atoms with van der Waals surface area (Å²) in [7, 11) is 0. The van der Waals surface area contributed by atoms with Crippen LogP contribution < -0.4 is 0 Å². The molecule has 0 unspecified atom stereocenters. The SMILES string of the molecule is CCOC[C@@H](O)CSc1nnc(C)n1-c1ccccc1C. The lowest BCUT2D eigenvalue weighted by atomic mass is 10.2. The number of ether oxygens (including phenoxy) is 1. The molecule has 1 atom stereocenters. The Kier molecular flexibility index (Phi) is 5.78. The van der Waals surface area contributed by atoms with Crippen molar-refractivity contribution in [2.24, 2.45) is 0 Å². The van der Waals surface area contributed by atoms with Crippen molar-refractivity contribution in [2.45, 2.75) is 32.0 Å². The van der Waals surface area contributed by atoms with Crippen molar-refractivity contribution in [3.8, 4) is 5.69 Å². The fraction of sp³-hybridized carbons (Fsp3) is 0.467. The third-order valence-corrected chi connectivity index (χ3v) is 4.14. The Morgan fingerprint density at radius 1 is 1.29 bits per heavy atom. The van der Waals surface area contributed by atoms with E-state index < -0.39 is 6.10 Å². The van der Waals surface area contributed by atoms with E-state index in [0.717, 1.165) is 22.2 Å². The van der Waals surface area contributed by atoms with Gasteiger partial charge in [-0.25, -0.2) is 0 Å². The molecule has 2 rings (SSSR count). The second kappa shape index (κ2) is 7.59. The minimum Gasteiger partial charge on any atom is -0.390 e. The molecule has 0 saturated heterocycles. The van der Waals surface area contributed by atoms with Gasteiger partial charge in [0.05, 0.1) is 18.4 Å². The molecule has 0 amide bonds. The second-order valence-corrected chi connectivity index (χ2v) is 5.76. The summed E-state index contributed by atoms with van der Waals surface area (Å²) in [5.74, 6) is 1.37. The van der Waals surface area contributed by atoms with Crippen LogP contribution in [-0.2, 0) is 4.74 Å². The van der Waals surface area contributed by atoms with E-state index in [2.05, 4.69) is 23.2 Å². The molecule has 5 nitrogen and oxygen atoms in total. The van der Waals surface area contributed by atoms with E-state index in [4.69, 9.17) is 4.74 Å². The van der Waals surface area contributed by atoms with Crippen LogP contribution in [0.4, 0.5) is 0 Å². The van der Waals surface area contributed by atoms with Crippen molar-refractivity contribution in [1.82, 2.24) is 14.8 Å². The molecule has 0 aliphatic rings. The van der Waals surface area contributed by atoms with Gasteiger partial charge in [0.1, 0.15) is 5.82 Å². The predicted octanol–water partition coefficient (Wildman–Crippen LogP) is 2.37. The molecule has 0 spiro atoms. The quantitative estimate of drug-likeness (QED) is 0.796. The zero-order chi connectivity index (χ0) is 15.2. The highest BCUT2D eigenvalue weighted by atomic mass is 32.2. The number of benzene rings is 1. The number of hydrogen-bond acceptors (Lipinski definition) is 5. The summed E-state index contributed by atoms with van der Waals surface area (Å²) in [6.07, 6.45) is -0.503. The van der Waals surface area contributed by atoms with E-state index in [1.54, 1.807) is 0 Å². The molecule has 1 heterocycles. The van der Waals surface area contributed by atoms with Crippen LogP contribution in [0.2, 0.25) is 0 Å². The first-order chi connectivity index (χ1) is 10.1. The Hall–Kier alpha value is -1.37. The molecule has 6 heteroatoms. The summed E-state index contributed by atoms with van der Waals surface area (Å²) >= 11 is 1.49. The van der Waals surface area contributed by atoms with Gasteiger partial charge in [-0.2, -0.15) is 0 Å². The van der Waals surface area contributed by atoms with Gasteiger partial charge < -0.3 is 9.84 Å². The lowest BCUT2D eigenvalue weighted by Crippen LogP contribution is -2.18. The molecule has 21 heavy (non-hydrogen) atoms. The highest BCUT2D eigenvalue weighted by Gasteiger charge is 2.14. The molecule has 0 bridgehead atoms. The van der Waals surface area contributed by atoms with Crippen LogP contribution in [0.5, 0.6) is 0 Å². The maximum Gasteiger partial charge on any atom is 0.195 e. The molecular weight excluding hydrogens is 286 g/mol. The molecular formula is C15H21N3O2S. The van der Waals surface area contributed by atoms with Crippen LogP contribution in [0.1, 0.15) is 18.3 Å². The maximum atomic E-state index is 9.86. The molecule has 114 valence electrons. The van der Waals surface area contributed by atoms with Crippen LogP contribution in [-0.4, -0.2) is 44.9 Å². The summed E-state index contributed by atoms with van der Waals surface area (Å²) in [4.78, 5) is 0. The van der Waals surface area contributed by atoms with E-state index in [9.17, 15) is 5.11 Å². The Bertz CT molecular complexity index is 586. The van der Waals surface area contributed by atoms with Crippen molar-refractivity contribution < 1.29 is 9.84 Å². The Morgan fingerprint density at radius 3 is 2.76 bits per heavy atom. The van der Waals surface area contributed by atoms with Crippen LogP contribution in [0.3, 0.4) is 0 Å². The highest BCUT2D eigenvalue weighted by Crippen LogP contribution is 2.24. The Labute approximate surface area is 129 Å². The summed E-state index contributed by atoms with van der Waals surface area (Å²) in [5.41, 5.74) is 2.24. The molecule has 0 saturated carbocycles. The lowest BCUT2D eigenvalue weighted by Gasteiger charge is -2.13. The molecule has 0 radical (unpaired) electrons. The third kappa shape index (κ3) is 4.06. The minimum absolute atomic E-state index is 0.348. The average molecular weight is 307 g/mol. The van der Waals surface area contributed by atoms with Gasteiger partial charge in [-0.05, 0) is 32.4 Å². The fourth-order valence-electron chi connectivity index (χ4n) is 2.00. The Balaban J connectivity index is 2.14. The monoisotopic (exact) mass is 307 g/mol. The zero-order valence-electron chi connectivity index (χ0n) is 12.6. The number of hydrogen-bond donors (Lipinski definition) is 1. The first-order valence-electron chi connectivity index (χ1n) is 7.00. The normalized spacial score (nSPS) is 12.6. The van der Waals surface area contributed by atoms with Crippen molar-refractivity contribution >= 4 is 11.8 Å². The van der Waals surface area contributed by atoms with E-state index >= 15 is 0 Å². The highest BCUT2D eigenvalue weighted by molar-refractivity contribution is 7.99. The van der Waals surface area contributed by atoms with Gasteiger partial charge in [0.15, 0.2) is 5.16 Å². The molecule has 0 fully saturated rings. The number of aromatic nitrogens is 3. The summed E-state index contributed by atoms with van der Waals surface area (Å²) in [5, 5.41) is 19.0. The number of thioether (sulfide) groups is 1. The van der Waals surface area contributed by atoms with Crippen LogP contribution >= 0.6 is 11.8 Å². The van der Waals surface area contributed by atoms with Gasteiger partial charge in [-0.15, -0.1) is 10.2 Å². The number of aliphatic hydroxyl groups is 1. The molecule has 1 aromatic heterocycles. The lowest BCUT2D eigenvalue weighted by molar-refractivity contribution is 0.0551. The van der Waals surface area contributed by atoms with Crippen LogP contribution in [0.15, 0.2) is 29.4 Å². The average Bonchev–Trinajstić information content (AvgIpc) is 2.84. The number of para-hydroxylation sites is 1. The van der Waals surface area contributed by atoms with Gasteiger partial charge >= 0.3 is 0 Å². The fourth-order valence-corrected chi connectivity index (χ4v) is 2.90. The maximum absolute atomic E-state index is 9.86. The molecule has 1 N–H and O–H groups in total. The van der Waals surface area contributed by atoms with E-state index in [0.29, 0.717) is 19.0 Å². The summed E-state index contributed by atoms with van der Waals surface area (Å²) in [6.45, 7) is 6.87. The third-order valence-electron chi connectivity index (χ3n) is 3.07. The molecule has 0 aliphatic carbocycles. The van der Waals surface area contributed by atoms with Gasteiger partial charge in [0, 0.05) is 12.4 Å². The Morgan fingerprint density at radius 2 is 2.05 bits per heavy atom. The minimum atomic E-state index is -0.503. The van der Waals surface area contributed by atoms with Gasteiger partial charge in [-0.1, -0.05) is 30.0 Å². The predicted molar refractivity (Wildman–Crippen MR) is 84.1 cm³/mol. The molecule has 1 aromatic carbocycles. The number of nitrogens with zero attached hydrogens (tertiary/aromatic N) is 3. The van der Waals surface area contributed by atoms with E-state index in [-0.39, 0.29) is 0 Å². The van der Waals surface area contributed by atoms with Gasteiger partial charge in [0.25, 0.3) is 0 Å². The van der Waals surface area contributed by atoms with E-state index in [1.807, 2.05) is 36.6 Å². The van der Waals surface area contributed by atoms with Crippen molar-refractivity contribution in [3.05, 3.63) is 35.7 Å². The topological polar surface area (TPSA) is 60.2 Å². The standard InChI is InChI=1S/C15H21N3O2S/c1-4-20-9-13(19)10-21-15-17-16-12(3)18(15)14-8-6-5-7-11(14)2/h5-8,13,19H,4,9-10H2,1-3H3/t13-/m1/s1. The first-order valence-corrected chi connectivity index (χ1v) is 7.98. The largest absolute Gasteiger partial charge is 0.390 e. The number of rotatable bonds is 7. The number of aryl methyl sites for hydroxylation is 2. The first kappa shape index (κ1) is 16.0. The van der Waals surface area contributed by atoms with Crippen LogP contribution in [0.25, 0.3) is 5.69 Å². The zero-order valence-corrected chi connectivity index (χ0v) is 13.4. The smallest absolute Gasteiger partial charge is 0.195 e. The van der Waals surface area contributed by atoms with Crippen LogP contribution in [0, 0.1) is 13.8 Å². The molecule has 0 aliphatic heterocycles. The van der Waals surface area contributed by atoms with Crippen molar-refractivity contribution in [3.63, 3.8) is 0 Å². The summed E-state index contributed by atoms with van der Waals surface area (Å²) < 4.78 is 7.24. The number of aliphatic hydroxyl groups excluding tert-OH is 1. The van der Waals surface area contributed by atoms with E-state index in [1.165, 1.54) is 11.8 Å². The van der Waals surface area contributed by atoms with Gasteiger partial charge in [-0.3, -0.25) is 4.57 Å². The summed E-state index contributed by atoms with van der Waals surface area (Å²) in [6, 6.07) is 8.12. The van der Waals surface area contributed by atoms with Crippen molar-refractivity contribution in [2.75, 3.05) is 19.0 Å². The second-order valence-electron chi connectivity index (χ2n) is 4.78. The molecule has 2 aromatic rings. The van der Waals surface area contributed by atoms with Crippen molar-refractivity contribution in [1.29, 1.82) is 0 Å². The van der Waals surface area contributed by atoms with Gasteiger partial charge in [0.2, 0.25) is 0 Å².